The highest BCUT2D eigenvalue weighted by atomic mass is 35.5. The maximum atomic E-state index is 12.9. The van der Waals surface area contributed by atoms with Crippen LogP contribution >= 0.6 is 11.6 Å². The molecule has 1 aliphatic heterocycles. The second-order valence-electron chi connectivity index (χ2n) is 8.39. The smallest absolute Gasteiger partial charge is 0.243 e. The maximum Gasteiger partial charge on any atom is 0.243 e. The number of methoxy groups -OCH3 is 1. The number of amides is 1. The largest absolute Gasteiger partial charge is 0.497 e. The maximum absolute atomic E-state index is 12.9. The summed E-state index contributed by atoms with van der Waals surface area (Å²) in [4.78, 5) is 19.2. The van der Waals surface area contributed by atoms with Gasteiger partial charge >= 0.3 is 0 Å². The Labute approximate surface area is 206 Å². The van der Waals surface area contributed by atoms with Crippen LogP contribution in [0.15, 0.2) is 35.4 Å². The van der Waals surface area contributed by atoms with E-state index in [1.807, 2.05) is 6.07 Å². The van der Waals surface area contributed by atoms with E-state index in [9.17, 15) is 13.2 Å². The van der Waals surface area contributed by atoms with Crippen molar-refractivity contribution in [3.8, 4) is 5.75 Å². The molecule has 11 heteroatoms. The van der Waals surface area contributed by atoms with Gasteiger partial charge in [0.05, 0.1) is 17.0 Å². The molecule has 0 unspecified atom stereocenters. The monoisotopic (exact) mass is 509 g/mol. The molecule has 34 heavy (non-hydrogen) atoms. The van der Waals surface area contributed by atoms with Crippen LogP contribution in [0.25, 0.3) is 0 Å². The third-order valence-electron chi connectivity index (χ3n) is 6.00. The van der Waals surface area contributed by atoms with Crippen molar-refractivity contribution >= 4 is 33.3 Å². The standard InChI is InChI=1S/C23H32ClN5O4S/c1-16-12-19(33-3)4-5-21(16)34(31,32)28(2)9-8-22(30)27-18-6-10-29(11-7-18)23-20(24)13-17(14-25)15-26-23/h4-5,12-13,15,18H,6-11,14,25H2,1-3H3,(H,27,30). The van der Waals surface area contributed by atoms with Gasteiger partial charge in [-0.25, -0.2) is 17.7 Å². The first-order valence-corrected chi connectivity index (χ1v) is 13.0. The molecule has 0 saturated carbocycles. The van der Waals surface area contributed by atoms with Gasteiger partial charge in [0.25, 0.3) is 0 Å². The zero-order chi connectivity index (χ0) is 24.9. The van der Waals surface area contributed by atoms with E-state index in [0.29, 0.717) is 36.0 Å². The molecule has 0 spiro atoms. The van der Waals surface area contributed by atoms with Gasteiger partial charge in [-0.05, 0) is 55.2 Å². The highest BCUT2D eigenvalue weighted by Gasteiger charge is 2.26. The van der Waals surface area contributed by atoms with E-state index in [0.717, 1.165) is 24.2 Å². The van der Waals surface area contributed by atoms with Gasteiger partial charge in [0.2, 0.25) is 15.9 Å². The normalized spacial score (nSPS) is 14.9. The van der Waals surface area contributed by atoms with E-state index in [-0.39, 0.29) is 29.8 Å². The highest BCUT2D eigenvalue weighted by molar-refractivity contribution is 7.89. The number of pyridine rings is 1. The van der Waals surface area contributed by atoms with Gasteiger partial charge in [0.15, 0.2) is 0 Å². The number of anilines is 1. The van der Waals surface area contributed by atoms with Crippen LogP contribution in [0.1, 0.15) is 30.4 Å². The van der Waals surface area contributed by atoms with Crippen LogP contribution in [0.2, 0.25) is 5.02 Å². The molecular weight excluding hydrogens is 478 g/mol. The number of sulfonamides is 1. The molecule has 0 radical (unpaired) electrons. The minimum absolute atomic E-state index is 0.0246. The lowest BCUT2D eigenvalue weighted by molar-refractivity contribution is -0.122. The Morgan fingerprint density at radius 3 is 2.62 bits per heavy atom. The number of aryl methyl sites for hydroxylation is 1. The third kappa shape index (κ3) is 6.18. The molecule has 0 bridgehead atoms. The SMILES string of the molecule is COc1ccc(S(=O)(=O)N(C)CCC(=O)NC2CCN(c3ncc(CN)cc3Cl)CC2)c(C)c1. The van der Waals surface area contributed by atoms with E-state index in [2.05, 4.69) is 15.2 Å². The van der Waals surface area contributed by atoms with Gasteiger partial charge in [-0.2, -0.15) is 0 Å². The van der Waals surface area contributed by atoms with Crippen molar-refractivity contribution in [3.63, 3.8) is 0 Å². The van der Waals surface area contributed by atoms with Gasteiger partial charge in [0.1, 0.15) is 11.6 Å². The van der Waals surface area contributed by atoms with Crippen LogP contribution in [0, 0.1) is 6.92 Å². The minimum atomic E-state index is -3.71. The zero-order valence-corrected chi connectivity index (χ0v) is 21.3. The van der Waals surface area contributed by atoms with Crippen molar-refractivity contribution in [2.75, 3.05) is 38.7 Å². The number of halogens is 1. The van der Waals surface area contributed by atoms with Crippen LogP contribution in [-0.2, 0) is 21.4 Å². The molecule has 3 N–H and O–H groups in total. The number of piperidine rings is 1. The van der Waals surface area contributed by atoms with Crippen molar-refractivity contribution in [3.05, 3.63) is 46.6 Å². The molecule has 3 rings (SSSR count). The quantitative estimate of drug-likeness (QED) is 0.532. The number of hydrogen-bond acceptors (Lipinski definition) is 7. The first kappa shape index (κ1) is 26.2. The number of carbonyl (C=O) groups excluding carboxylic acids is 1. The summed E-state index contributed by atoms with van der Waals surface area (Å²) in [5, 5.41) is 3.59. The molecule has 0 atom stereocenters. The topological polar surface area (TPSA) is 118 Å². The summed E-state index contributed by atoms with van der Waals surface area (Å²) < 4.78 is 32.2. The lowest BCUT2D eigenvalue weighted by Gasteiger charge is -2.33. The summed E-state index contributed by atoms with van der Waals surface area (Å²) in [7, 11) is -0.692. The fourth-order valence-electron chi connectivity index (χ4n) is 3.94. The van der Waals surface area contributed by atoms with Gasteiger partial charge in [-0.15, -0.1) is 0 Å². The summed E-state index contributed by atoms with van der Waals surface area (Å²) in [5.74, 6) is 1.15. The second kappa shape index (κ2) is 11.4. The van der Waals surface area contributed by atoms with Crippen LogP contribution in [-0.4, -0.2) is 63.4 Å². The van der Waals surface area contributed by atoms with Crippen LogP contribution in [0.4, 0.5) is 5.82 Å². The number of benzene rings is 1. The molecule has 1 fully saturated rings. The number of nitrogens with zero attached hydrogens (tertiary/aromatic N) is 3. The molecule has 1 aliphatic rings. The van der Waals surface area contributed by atoms with Gasteiger partial charge in [0, 0.05) is 51.9 Å². The van der Waals surface area contributed by atoms with Gasteiger partial charge in [-0.1, -0.05) is 11.6 Å². The average Bonchev–Trinajstić information content (AvgIpc) is 2.82. The van der Waals surface area contributed by atoms with E-state index < -0.39 is 10.0 Å². The molecule has 1 amide bonds. The van der Waals surface area contributed by atoms with Crippen LogP contribution in [0.3, 0.4) is 0 Å². The molecule has 1 aromatic heterocycles. The van der Waals surface area contributed by atoms with Crippen molar-refractivity contribution in [2.24, 2.45) is 5.73 Å². The van der Waals surface area contributed by atoms with E-state index >= 15 is 0 Å². The second-order valence-corrected chi connectivity index (χ2v) is 10.8. The lowest BCUT2D eigenvalue weighted by Crippen LogP contribution is -2.45. The summed E-state index contributed by atoms with van der Waals surface area (Å²) in [6.07, 6.45) is 3.31. The highest BCUT2D eigenvalue weighted by Crippen LogP contribution is 2.27. The lowest BCUT2D eigenvalue weighted by atomic mass is 10.0. The Bertz CT molecular complexity index is 1120. The Kier molecular flexibility index (Phi) is 8.75. The number of aromatic nitrogens is 1. The molecular formula is C23H32ClN5O4S. The fraction of sp³-hybridized carbons (Fsp3) is 0.478. The Morgan fingerprint density at radius 2 is 2.03 bits per heavy atom. The van der Waals surface area contributed by atoms with Crippen molar-refractivity contribution < 1.29 is 17.9 Å². The number of carbonyl (C=O) groups is 1. The summed E-state index contributed by atoms with van der Waals surface area (Å²) >= 11 is 6.35. The third-order valence-corrected chi connectivity index (χ3v) is 8.29. The predicted octanol–water partition coefficient (Wildman–Crippen LogP) is 2.31. The van der Waals surface area contributed by atoms with E-state index in [1.165, 1.54) is 24.5 Å². The first-order valence-electron chi connectivity index (χ1n) is 11.2. The van der Waals surface area contributed by atoms with E-state index in [1.54, 1.807) is 25.3 Å². The molecule has 9 nitrogen and oxygen atoms in total. The number of rotatable bonds is 9. The molecule has 186 valence electrons. The Morgan fingerprint density at radius 1 is 1.32 bits per heavy atom. The van der Waals surface area contributed by atoms with Crippen molar-refractivity contribution in [2.45, 2.75) is 43.7 Å². The number of hydrogen-bond donors (Lipinski definition) is 2. The molecule has 1 saturated heterocycles. The molecule has 2 aromatic rings. The van der Waals surface area contributed by atoms with Crippen molar-refractivity contribution in [1.29, 1.82) is 0 Å². The first-order chi connectivity index (χ1) is 16.1. The summed E-state index contributed by atoms with van der Waals surface area (Å²) in [6, 6.07) is 6.67. The van der Waals surface area contributed by atoms with Gasteiger partial charge in [-0.3, -0.25) is 4.79 Å². The zero-order valence-electron chi connectivity index (χ0n) is 19.8. The molecule has 1 aromatic carbocycles. The Hall–Kier alpha value is -2.40. The summed E-state index contributed by atoms with van der Waals surface area (Å²) in [5.41, 5.74) is 7.10. The molecule has 0 aliphatic carbocycles. The summed E-state index contributed by atoms with van der Waals surface area (Å²) in [6.45, 7) is 3.62. The average molecular weight is 510 g/mol. The van der Waals surface area contributed by atoms with Gasteiger partial charge < -0.3 is 20.7 Å². The minimum Gasteiger partial charge on any atom is -0.497 e. The number of nitrogens with one attached hydrogen (secondary N) is 1. The number of nitrogens with two attached hydrogens (primary N) is 1. The predicted molar refractivity (Wildman–Crippen MR) is 133 cm³/mol. The molecule has 2 heterocycles. The van der Waals surface area contributed by atoms with Crippen molar-refractivity contribution in [1.82, 2.24) is 14.6 Å². The van der Waals surface area contributed by atoms with Crippen LogP contribution < -0.4 is 20.7 Å². The Balaban J connectivity index is 1.49. The number of ether oxygens (including phenoxy) is 1. The van der Waals surface area contributed by atoms with Crippen LogP contribution in [0.5, 0.6) is 5.75 Å². The fourth-order valence-corrected chi connectivity index (χ4v) is 5.62. The van der Waals surface area contributed by atoms with E-state index in [4.69, 9.17) is 22.1 Å².